The molecule has 1 fully saturated rings. The van der Waals surface area contributed by atoms with Crippen LogP contribution in [-0.2, 0) is 17.6 Å². The van der Waals surface area contributed by atoms with Gasteiger partial charge in [-0.2, -0.15) is 0 Å². The predicted molar refractivity (Wildman–Crippen MR) is 61.9 cm³/mol. The second-order valence-electron chi connectivity index (χ2n) is 4.51. The van der Waals surface area contributed by atoms with Gasteiger partial charge in [-0.05, 0) is 30.4 Å². The molecular formula is C13H19NO. The van der Waals surface area contributed by atoms with Gasteiger partial charge in [-0.15, -0.1) is 0 Å². The van der Waals surface area contributed by atoms with E-state index < -0.39 is 0 Å². The first kappa shape index (κ1) is 10.7. The summed E-state index contributed by atoms with van der Waals surface area (Å²) in [6.07, 6.45) is 3.00. The van der Waals surface area contributed by atoms with Crippen molar-refractivity contribution in [1.82, 2.24) is 0 Å². The molecule has 0 radical (unpaired) electrons. The van der Waals surface area contributed by atoms with Crippen molar-refractivity contribution in [3.8, 4) is 0 Å². The van der Waals surface area contributed by atoms with E-state index in [0.29, 0.717) is 6.61 Å². The van der Waals surface area contributed by atoms with E-state index in [4.69, 9.17) is 10.5 Å². The maximum Gasteiger partial charge on any atom is 0.0650 e. The molecule has 1 aromatic carbocycles. The Hall–Kier alpha value is -0.860. The van der Waals surface area contributed by atoms with Crippen molar-refractivity contribution in [2.45, 2.75) is 31.7 Å². The van der Waals surface area contributed by atoms with Crippen molar-refractivity contribution < 1.29 is 4.74 Å². The number of hydrogen-bond acceptors (Lipinski definition) is 2. The molecule has 0 bridgehead atoms. The molecule has 1 aliphatic heterocycles. The molecule has 1 unspecified atom stereocenters. The van der Waals surface area contributed by atoms with E-state index in [1.54, 1.807) is 0 Å². The fourth-order valence-electron chi connectivity index (χ4n) is 2.06. The average molecular weight is 205 g/mol. The Kier molecular flexibility index (Phi) is 3.08. The van der Waals surface area contributed by atoms with Crippen LogP contribution in [0, 0.1) is 0 Å². The zero-order chi connectivity index (χ0) is 10.7. The van der Waals surface area contributed by atoms with Crippen LogP contribution in [0.1, 0.15) is 24.5 Å². The van der Waals surface area contributed by atoms with Gasteiger partial charge < -0.3 is 10.5 Å². The first-order valence-corrected chi connectivity index (χ1v) is 5.66. The van der Waals surface area contributed by atoms with E-state index >= 15 is 0 Å². The third-order valence-electron chi connectivity index (χ3n) is 3.12. The summed E-state index contributed by atoms with van der Waals surface area (Å²) in [4.78, 5) is 0. The van der Waals surface area contributed by atoms with Gasteiger partial charge >= 0.3 is 0 Å². The molecule has 15 heavy (non-hydrogen) atoms. The van der Waals surface area contributed by atoms with Crippen LogP contribution in [0.3, 0.4) is 0 Å². The van der Waals surface area contributed by atoms with E-state index in [2.05, 4.69) is 31.2 Å². The van der Waals surface area contributed by atoms with Crippen molar-refractivity contribution in [1.29, 1.82) is 0 Å². The first-order valence-electron chi connectivity index (χ1n) is 5.66. The van der Waals surface area contributed by atoms with Crippen LogP contribution in [0.15, 0.2) is 24.3 Å². The van der Waals surface area contributed by atoms with Crippen molar-refractivity contribution in [2.75, 3.05) is 13.2 Å². The minimum atomic E-state index is -0.131. The molecule has 0 spiro atoms. The molecule has 1 heterocycles. The van der Waals surface area contributed by atoms with Gasteiger partial charge in [0.1, 0.15) is 0 Å². The number of nitrogens with two attached hydrogens (primary N) is 1. The molecule has 2 heteroatoms. The summed E-state index contributed by atoms with van der Waals surface area (Å²) in [6, 6.07) is 8.75. The Balaban J connectivity index is 2.04. The molecule has 0 aromatic heterocycles. The summed E-state index contributed by atoms with van der Waals surface area (Å²) in [5.74, 6) is 0. The van der Waals surface area contributed by atoms with E-state index in [-0.39, 0.29) is 5.54 Å². The maximum atomic E-state index is 6.24. The van der Waals surface area contributed by atoms with Gasteiger partial charge in [-0.1, -0.05) is 31.2 Å². The third-order valence-corrected chi connectivity index (χ3v) is 3.12. The van der Waals surface area contributed by atoms with E-state index in [1.165, 1.54) is 11.1 Å². The second-order valence-corrected chi connectivity index (χ2v) is 4.51. The average Bonchev–Trinajstić information content (AvgIpc) is 2.66. The van der Waals surface area contributed by atoms with Gasteiger partial charge in [0.05, 0.1) is 6.61 Å². The lowest BCUT2D eigenvalue weighted by Gasteiger charge is -2.21. The number of benzene rings is 1. The summed E-state index contributed by atoms with van der Waals surface area (Å²) >= 11 is 0. The molecule has 2 rings (SSSR count). The summed E-state index contributed by atoms with van der Waals surface area (Å²) in [5, 5.41) is 0. The zero-order valence-corrected chi connectivity index (χ0v) is 9.33. The lowest BCUT2D eigenvalue weighted by Crippen LogP contribution is -2.42. The van der Waals surface area contributed by atoms with Gasteiger partial charge in [-0.25, -0.2) is 0 Å². The highest BCUT2D eigenvalue weighted by Crippen LogP contribution is 2.21. The van der Waals surface area contributed by atoms with Crippen LogP contribution in [0.25, 0.3) is 0 Å². The Morgan fingerprint density at radius 3 is 2.47 bits per heavy atom. The smallest absolute Gasteiger partial charge is 0.0650 e. The van der Waals surface area contributed by atoms with Crippen LogP contribution in [-0.4, -0.2) is 18.8 Å². The lowest BCUT2D eigenvalue weighted by molar-refractivity contribution is 0.178. The van der Waals surface area contributed by atoms with Gasteiger partial charge in [0, 0.05) is 12.1 Å². The molecule has 2 N–H and O–H groups in total. The number of rotatable bonds is 3. The molecule has 0 saturated carbocycles. The first-order chi connectivity index (χ1) is 7.22. The minimum absolute atomic E-state index is 0.131. The highest BCUT2D eigenvalue weighted by Gasteiger charge is 2.30. The monoisotopic (exact) mass is 205 g/mol. The van der Waals surface area contributed by atoms with Crippen molar-refractivity contribution >= 4 is 0 Å². The van der Waals surface area contributed by atoms with Crippen molar-refractivity contribution in [3.63, 3.8) is 0 Å². The largest absolute Gasteiger partial charge is 0.379 e. The number of hydrogen-bond donors (Lipinski definition) is 1. The van der Waals surface area contributed by atoms with Crippen molar-refractivity contribution in [3.05, 3.63) is 35.4 Å². The lowest BCUT2D eigenvalue weighted by atomic mass is 9.91. The summed E-state index contributed by atoms with van der Waals surface area (Å²) in [5.41, 5.74) is 8.81. The van der Waals surface area contributed by atoms with Gasteiger partial charge in [-0.3, -0.25) is 0 Å². The normalized spacial score (nSPS) is 25.7. The summed E-state index contributed by atoms with van der Waals surface area (Å²) in [6.45, 7) is 3.68. The highest BCUT2D eigenvalue weighted by atomic mass is 16.5. The Bertz CT molecular complexity index is 312. The van der Waals surface area contributed by atoms with E-state index in [1.807, 2.05) is 0 Å². The summed E-state index contributed by atoms with van der Waals surface area (Å²) < 4.78 is 5.35. The maximum absolute atomic E-state index is 6.24. The molecule has 1 atom stereocenters. The molecule has 0 aliphatic carbocycles. The van der Waals surface area contributed by atoms with Crippen LogP contribution in [0.2, 0.25) is 0 Å². The Morgan fingerprint density at radius 2 is 1.93 bits per heavy atom. The quantitative estimate of drug-likeness (QED) is 0.818. The summed E-state index contributed by atoms with van der Waals surface area (Å²) in [7, 11) is 0. The number of aryl methyl sites for hydroxylation is 1. The van der Waals surface area contributed by atoms with Crippen LogP contribution in [0.4, 0.5) is 0 Å². The minimum Gasteiger partial charge on any atom is -0.379 e. The standard InChI is InChI=1S/C13H19NO/c1-2-11-3-5-12(6-4-11)9-13(14)7-8-15-10-13/h3-6H,2,7-10,14H2,1H3. The van der Waals surface area contributed by atoms with Gasteiger partial charge in [0.25, 0.3) is 0 Å². The third kappa shape index (κ3) is 2.58. The predicted octanol–water partition coefficient (Wildman–Crippen LogP) is 1.91. The molecule has 82 valence electrons. The SMILES string of the molecule is CCc1ccc(CC2(N)CCOC2)cc1. The fraction of sp³-hybridized carbons (Fsp3) is 0.538. The van der Waals surface area contributed by atoms with E-state index in [0.717, 1.165) is 25.9 Å². The molecule has 1 aliphatic rings. The molecule has 0 amide bonds. The Morgan fingerprint density at radius 1 is 1.27 bits per heavy atom. The molecule has 2 nitrogen and oxygen atoms in total. The van der Waals surface area contributed by atoms with Crippen LogP contribution < -0.4 is 5.73 Å². The number of ether oxygens (including phenoxy) is 1. The molecule has 1 saturated heterocycles. The second kappa shape index (κ2) is 4.33. The van der Waals surface area contributed by atoms with Gasteiger partial charge in [0.15, 0.2) is 0 Å². The topological polar surface area (TPSA) is 35.2 Å². The van der Waals surface area contributed by atoms with Crippen LogP contribution in [0.5, 0.6) is 0 Å². The van der Waals surface area contributed by atoms with Gasteiger partial charge in [0.2, 0.25) is 0 Å². The molecular weight excluding hydrogens is 186 g/mol. The highest BCUT2D eigenvalue weighted by molar-refractivity contribution is 5.24. The fourth-order valence-corrected chi connectivity index (χ4v) is 2.06. The van der Waals surface area contributed by atoms with Crippen molar-refractivity contribution in [2.24, 2.45) is 5.73 Å². The van der Waals surface area contributed by atoms with Crippen LogP contribution >= 0.6 is 0 Å². The van der Waals surface area contributed by atoms with E-state index in [9.17, 15) is 0 Å². The Labute approximate surface area is 91.4 Å². The molecule has 1 aromatic rings. The zero-order valence-electron chi connectivity index (χ0n) is 9.33.